The highest BCUT2D eigenvalue weighted by Gasteiger charge is 2.13. The first-order chi connectivity index (χ1) is 10.0. The largest absolute Gasteiger partial charge is 0.456 e. The van der Waals surface area contributed by atoms with Crippen molar-refractivity contribution in [3.63, 3.8) is 0 Å². The fourth-order valence-corrected chi connectivity index (χ4v) is 2.55. The van der Waals surface area contributed by atoms with Crippen LogP contribution in [0.25, 0.3) is 0 Å². The van der Waals surface area contributed by atoms with Gasteiger partial charge in [0.25, 0.3) is 0 Å². The summed E-state index contributed by atoms with van der Waals surface area (Å²) in [7, 11) is 0. The predicted molar refractivity (Wildman–Crippen MR) is 84.8 cm³/mol. The highest BCUT2D eigenvalue weighted by Crippen LogP contribution is 2.33. The molecule has 4 heteroatoms. The van der Waals surface area contributed by atoms with E-state index in [1.807, 2.05) is 32.9 Å². The highest BCUT2D eigenvalue weighted by molar-refractivity contribution is 6.30. The van der Waals surface area contributed by atoms with Gasteiger partial charge in [0.2, 0.25) is 0 Å². The number of hydrogen-bond donors (Lipinski definition) is 1. The molecule has 0 radical (unpaired) electrons. The lowest BCUT2D eigenvalue weighted by atomic mass is 10.1. The monoisotopic (exact) mass is 307 g/mol. The lowest BCUT2D eigenvalue weighted by Gasteiger charge is -2.16. The van der Waals surface area contributed by atoms with Crippen molar-refractivity contribution in [3.05, 3.63) is 57.9 Å². The van der Waals surface area contributed by atoms with E-state index in [2.05, 4.69) is 5.32 Å². The van der Waals surface area contributed by atoms with Gasteiger partial charge in [0.1, 0.15) is 17.3 Å². The molecule has 0 aliphatic carbocycles. The molecule has 2 nitrogen and oxygen atoms in total. The zero-order valence-electron chi connectivity index (χ0n) is 12.5. The molecular weight excluding hydrogens is 289 g/mol. The predicted octanol–water partition coefficient (Wildman–Crippen LogP) is 5.00. The number of ether oxygens (including phenoxy) is 1. The maximum Gasteiger partial charge on any atom is 0.134 e. The van der Waals surface area contributed by atoms with Gasteiger partial charge in [0.05, 0.1) is 0 Å². The molecule has 0 aliphatic heterocycles. The summed E-state index contributed by atoms with van der Waals surface area (Å²) in [4.78, 5) is 0. The van der Waals surface area contributed by atoms with Crippen LogP contribution in [0.5, 0.6) is 11.5 Å². The minimum absolute atomic E-state index is 0.266. The van der Waals surface area contributed by atoms with Crippen molar-refractivity contribution < 1.29 is 9.13 Å². The van der Waals surface area contributed by atoms with Crippen molar-refractivity contribution in [2.45, 2.75) is 27.3 Å². The first kappa shape index (κ1) is 15.8. The molecule has 0 amide bonds. The molecule has 2 aromatic carbocycles. The number of rotatable bonds is 5. The molecule has 0 bridgehead atoms. The van der Waals surface area contributed by atoms with Gasteiger partial charge in [0, 0.05) is 17.1 Å². The smallest absolute Gasteiger partial charge is 0.134 e. The van der Waals surface area contributed by atoms with Crippen LogP contribution in [0, 0.1) is 19.7 Å². The van der Waals surface area contributed by atoms with Crippen LogP contribution >= 0.6 is 11.6 Å². The Balaban J connectivity index is 2.38. The molecule has 0 atom stereocenters. The Morgan fingerprint density at radius 1 is 1.19 bits per heavy atom. The van der Waals surface area contributed by atoms with Crippen LogP contribution in [-0.4, -0.2) is 6.54 Å². The Hall–Kier alpha value is -1.58. The van der Waals surface area contributed by atoms with Gasteiger partial charge in [-0.1, -0.05) is 24.6 Å². The summed E-state index contributed by atoms with van der Waals surface area (Å²) in [6, 6.07) is 8.56. The van der Waals surface area contributed by atoms with Gasteiger partial charge in [-0.15, -0.1) is 0 Å². The van der Waals surface area contributed by atoms with Gasteiger partial charge in [-0.05, 0) is 55.8 Å². The molecule has 2 rings (SSSR count). The maximum absolute atomic E-state index is 14.0. The second-order valence-electron chi connectivity index (χ2n) is 4.97. The topological polar surface area (TPSA) is 21.3 Å². The van der Waals surface area contributed by atoms with Crippen LogP contribution in [0.1, 0.15) is 23.6 Å². The maximum atomic E-state index is 14.0. The van der Waals surface area contributed by atoms with E-state index in [0.29, 0.717) is 22.9 Å². The van der Waals surface area contributed by atoms with E-state index >= 15 is 0 Å². The molecule has 21 heavy (non-hydrogen) atoms. The fraction of sp³-hybridized carbons (Fsp3) is 0.294. The van der Waals surface area contributed by atoms with Gasteiger partial charge in [-0.3, -0.25) is 0 Å². The molecule has 0 aromatic heterocycles. The van der Waals surface area contributed by atoms with E-state index in [-0.39, 0.29) is 5.82 Å². The summed E-state index contributed by atoms with van der Waals surface area (Å²) < 4.78 is 20.0. The van der Waals surface area contributed by atoms with Crippen LogP contribution in [-0.2, 0) is 6.54 Å². The molecule has 112 valence electrons. The summed E-state index contributed by atoms with van der Waals surface area (Å²) in [6.07, 6.45) is 0. The zero-order valence-corrected chi connectivity index (χ0v) is 13.2. The lowest BCUT2D eigenvalue weighted by molar-refractivity contribution is 0.456. The third-order valence-electron chi connectivity index (χ3n) is 3.26. The average Bonchev–Trinajstić information content (AvgIpc) is 2.42. The summed E-state index contributed by atoms with van der Waals surface area (Å²) >= 11 is 6.02. The van der Waals surface area contributed by atoms with E-state index in [1.54, 1.807) is 12.1 Å². The first-order valence-corrected chi connectivity index (χ1v) is 7.33. The Bertz CT molecular complexity index is 620. The minimum Gasteiger partial charge on any atom is -0.456 e. The number of hydrogen-bond acceptors (Lipinski definition) is 2. The number of nitrogens with one attached hydrogen (secondary N) is 1. The fourth-order valence-electron chi connectivity index (χ4n) is 2.22. The molecule has 0 aliphatic rings. The van der Waals surface area contributed by atoms with Crippen molar-refractivity contribution in [2.75, 3.05) is 6.54 Å². The number of aryl methyl sites for hydroxylation is 2. The van der Waals surface area contributed by atoms with Gasteiger partial charge < -0.3 is 10.1 Å². The number of halogens is 2. The van der Waals surface area contributed by atoms with Crippen LogP contribution in [0.4, 0.5) is 4.39 Å². The Kier molecular flexibility index (Phi) is 5.21. The molecule has 0 unspecified atom stereocenters. The zero-order chi connectivity index (χ0) is 15.4. The standard InChI is InChI=1S/C17H19ClFNO/c1-4-20-10-14-15(19)6-5-7-16(14)21-17-11(2)8-13(18)9-12(17)3/h5-9,20H,4,10H2,1-3H3. The Morgan fingerprint density at radius 3 is 2.48 bits per heavy atom. The van der Waals surface area contributed by atoms with Gasteiger partial charge in [-0.2, -0.15) is 0 Å². The molecule has 1 N–H and O–H groups in total. The average molecular weight is 308 g/mol. The van der Waals surface area contributed by atoms with Gasteiger partial charge in [-0.25, -0.2) is 4.39 Å². The molecule has 0 saturated heterocycles. The third kappa shape index (κ3) is 3.74. The summed E-state index contributed by atoms with van der Waals surface area (Å²) in [5.74, 6) is 0.991. The molecule has 0 heterocycles. The van der Waals surface area contributed by atoms with E-state index < -0.39 is 0 Å². The van der Waals surface area contributed by atoms with E-state index in [0.717, 1.165) is 23.4 Å². The van der Waals surface area contributed by atoms with Crippen LogP contribution in [0.15, 0.2) is 30.3 Å². The molecule has 0 spiro atoms. The van der Waals surface area contributed by atoms with Crippen molar-refractivity contribution in [2.24, 2.45) is 0 Å². The quantitative estimate of drug-likeness (QED) is 0.839. The molecule has 0 fully saturated rings. The minimum atomic E-state index is -0.266. The molecule has 0 saturated carbocycles. The normalized spacial score (nSPS) is 10.7. The van der Waals surface area contributed by atoms with E-state index in [4.69, 9.17) is 16.3 Å². The third-order valence-corrected chi connectivity index (χ3v) is 3.48. The summed E-state index contributed by atoms with van der Waals surface area (Å²) in [5.41, 5.74) is 2.39. The Labute approximate surface area is 129 Å². The van der Waals surface area contributed by atoms with E-state index in [1.165, 1.54) is 6.07 Å². The first-order valence-electron chi connectivity index (χ1n) is 6.95. The second kappa shape index (κ2) is 6.92. The summed E-state index contributed by atoms with van der Waals surface area (Å²) in [5, 5.41) is 3.80. The van der Waals surface area contributed by atoms with E-state index in [9.17, 15) is 4.39 Å². The lowest BCUT2D eigenvalue weighted by Crippen LogP contribution is -2.14. The summed E-state index contributed by atoms with van der Waals surface area (Å²) in [6.45, 7) is 7.04. The van der Waals surface area contributed by atoms with Crippen LogP contribution in [0.2, 0.25) is 5.02 Å². The van der Waals surface area contributed by atoms with Crippen molar-refractivity contribution in [1.82, 2.24) is 5.32 Å². The number of benzene rings is 2. The van der Waals surface area contributed by atoms with Gasteiger partial charge in [0.15, 0.2) is 0 Å². The van der Waals surface area contributed by atoms with Crippen molar-refractivity contribution in [1.29, 1.82) is 0 Å². The van der Waals surface area contributed by atoms with Crippen LogP contribution < -0.4 is 10.1 Å². The van der Waals surface area contributed by atoms with Gasteiger partial charge >= 0.3 is 0 Å². The van der Waals surface area contributed by atoms with Crippen molar-refractivity contribution in [3.8, 4) is 11.5 Å². The van der Waals surface area contributed by atoms with Crippen LogP contribution in [0.3, 0.4) is 0 Å². The Morgan fingerprint density at radius 2 is 1.86 bits per heavy atom. The highest BCUT2D eigenvalue weighted by atomic mass is 35.5. The SMILES string of the molecule is CCNCc1c(F)cccc1Oc1c(C)cc(Cl)cc1C. The second-order valence-corrected chi connectivity index (χ2v) is 5.40. The van der Waals surface area contributed by atoms with Crippen molar-refractivity contribution >= 4 is 11.6 Å². The molecule has 2 aromatic rings. The molecular formula is C17H19ClFNO.